The zero-order valence-electron chi connectivity index (χ0n) is 6.96. The molecule has 0 bridgehead atoms. The Morgan fingerprint density at radius 1 is 1.18 bits per heavy atom. The molecule has 0 unspecified atom stereocenters. The summed E-state index contributed by atoms with van der Waals surface area (Å²) in [5.41, 5.74) is 1.29. The molecule has 0 fully saturated rings. The lowest BCUT2D eigenvalue weighted by Crippen LogP contribution is -1.68. The SMILES string of the molecule is CCC/C=C/c1ccccc1. The summed E-state index contributed by atoms with van der Waals surface area (Å²) in [5, 5.41) is 0. The number of hydrogen-bond donors (Lipinski definition) is 0. The molecule has 1 aromatic carbocycles. The van der Waals surface area contributed by atoms with Gasteiger partial charge in [0.05, 0.1) is 0 Å². The number of allylic oxidation sites excluding steroid dienone is 1. The van der Waals surface area contributed by atoms with E-state index in [1.165, 1.54) is 18.4 Å². The molecular formula is C11H14. The second-order valence-electron chi connectivity index (χ2n) is 2.60. The summed E-state index contributed by atoms with van der Waals surface area (Å²) in [6.45, 7) is 2.19. The first kappa shape index (κ1) is 8.06. The molecule has 0 amide bonds. The Bertz CT molecular complexity index is 209. The Labute approximate surface area is 68.6 Å². The van der Waals surface area contributed by atoms with Crippen LogP contribution in [-0.2, 0) is 0 Å². The first-order valence-corrected chi connectivity index (χ1v) is 4.15. The minimum absolute atomic E-state index is 1.18. The van der Waals surface area contributed by atoms with Crippen LogP contribution in [0, 0.1) is 0 Å². The third kappa shape index (κ3) is 3.03. The highest BCUT2D eigenvalue weighted by Gasteiger charge is 1.80. The van der Waals surface area contributed by atoms with Gasteiger partial charge in [-0.25, -0.2) is 0 Å². The maximum atomic E-state index is 2.22. The molecule has 0 spiro atoms. The number of rotatable bonds is 3. The Hall–Kier alpha value is -1.04. The molecule has 0 saturated carbocycles. The Balaban J connectivity index is 2.50. The van der Waals surface area contributed by atoms with Gasteiger partial charge in [-0.15, -0.1) is 0 Å². The quantitative estimate of drug-likeness (QED) is 0.612. The van der Waals surface area contributed by atoms with Crippen molar-refractivity contribution in [3.8, 4) is 0 Å². The van der Waals surface area contributed by atoms with Crippen molar-refractivity contribution >= 4 is 6.08 Å². The van der Waals surface area contributed by atoms with Crippen LogP contribution in [0.15, 0.2) is 36.4 Å². The topological polar surface area (TPSA) is 0 Å². The lowest BCUT2D eigenvalue weighted by Gasteiger charge is -1.89. The fourth-order valence-corrected chi connectivity index (χ4v) is 0.950. The van der Waals surface area contributed by atoms with E-state index in [2.05, 4.69) is 43.3 Å². The summed E-state index contributed by atoms with van der Waals surface area (Å²) in [5.74, 6) is 0. The summed E-state index contributed by atoms with van der Waals surface area (Å²) in [6.07, 6.45) is 6.79. The van der Waals surface area contributed by atoms with Gasteiger partial charge in [-0.1, -0.05) is 55.8 Å². The van der Waals surface area contributed by atoms with Gasteiger partial charge in [-0.3, -0.25) is 0 Å². The number of unbranched alkanes of at least 4 members (excludes halogenated alkanes) is 1. The maximum Gasteiger partial charge on any atom is -0.0260 e. The van der Waals surface area contributed by atoms with Crippen LogP contribution in [0.25, 0.3) is 6.08 Å². The van der Waals surface area contributed by atoms with Crippen LogP contribution in [-0.4, -0.2) is 0 Å². The minimum Gasteiger partial charge on any atom is -0.0840 e. The van der Waals surface area contributed by atoms with Gasteiger partial charge in [0.25, 0.3) is 0 Å². The van der Waals surface area contributed by atoms with Crippen LogP contribution in [0.4, 0.5) is 0 Å². The summed E-state index contributed by atoms with van der Waals surface area (Å²) in [6, 6.07) is 10.4. The van der Waals surface area contributed by atoms with Crippen LogP contribution in [0.1, 0.15) is 25.3 Å². The number of benzene rings is 1. The monoisotopic (exact) mass is 146 g/mol. The predicted octanol–water partition coefficient (Wildman–Crippen LogP) is 3.50. The molecular weight excluding hydrogens is 132 g/mol. The number of hydrogen-bond acceptors (Lipinski definition) is 0. The van der Waals surface area contributed by atoms with Crippen molar-refractivity contribution in [2.75, 3.05) is 0 Å². The van der Waals surface area contributed by atoms with E-state index in [4.69, 9.17) is 0 Å². The van der Waals surface area contributed by atoms with Gasteiger partial charge < -0.3 is 0 Å². The molecule has 0 nitrogen and oxygen atoms in total. The largest absolute Gasteiger partial charge is 0.0840 e. The van der Waals surface area contributed by atoms with Crippen molar-refractivity contribution in [1.29, 1.82) is 0 Å². The second-order valence-corrected chi connectivity index (χ2v) is 2.60. The van der Waals surface area contributed by atoms with Crippen molar-refractivity contribution in [2.24, 2.45) is 0 Å². The molecule has 1 aromatic rings. The molecule has 0 atom stereocenters. The van der Waals surface area contributed by atoms with Crippen molar-refractivity contribution < 1.29 is 0 Å². The molecule has 0 aromatic heterocycles. The molecule has 0 aliphatic rings. The van der Waals surface area contributed by atoms with E-state index in [1.807, 2.05) is 6.07 Å². The molecule has 0 heteroatoms. The summed E-state index contributed by atoms with van der Waals surface area (Å²) in [7, 11) is 0. The Morgan fingerprint density at radius 3 is 2.55 bits per heavy atom. The van der Waals surface area contributed by atoms with Crippen molar-refractivity contribution in [2.45, 2.75) is 19.8 Å². The van der Waals surface area contributed by atoms with Crippen molar-refractivity contribution in [1.82, 2.24) is 0 Å². The van der Waals surface area contributed by atoms with Crippen LogP contribution >= 0.6 is 0 Å². The zero-order valence-corrected chi connectivity index (χ0v) is 6.96. The summed E-state index contributed by atoms with van der Waals surface area (Å²) < 4.78 is 0. The van der Waals surface area contributed by atoms with Gasteiger partial charge in [0.15, 0.2) is 0 Å². The van der Waals surface area contributed by atoms with E-state index in [9.17, 15) is 0 Å². The van der Waals surface area contributed by atoms with Crippen LogP contribution < -0.4 is 0 Å². The lowest BCUT2D eigenvalue weighted by atomic mass is 10.2. The summed E-state index contributed by atoms with van der Waals surface area (Å²) in [4.78, 5) is 0. The third-order valence-corrected chi connectivity index (χ3v) is 1.57. The molecule has 0 aliphatic carbocycles. The lowest BCUT2D eigenvalue weighted by molar-refractivity contribution is 0.962. The van der Waals surface area contributed by atoms with Gasteiger partial charge in [0.2, 0.25) is 0 Å². The highest BCUT2D eigenvalue weighted by Crippen LogP contribution is 2.02. The standard InChI is InChI=1S/C11H14/c1-2-3-5-8-11-9-6-4-7-10-11/h4-10H,2-3H2,1H3/b8-5+. The molecule has 58 valence electrons. The van der Waals surface area contributed by atoms with Gasteiger partial charge in [0.1, 0.15) is 0 Å². The average molecular weight is 146 g/mol. The van der Waals surface area contributed by atoms with Crippen LogP contribution in [0.5, 0.6) is 0 Å². The van der Waals surface area contributed by atoms with E-state index < -0.39 is 0 Å². The fraction of sp³-hybridized carbons (Fsp3) is 0.273. The van der Waals surface area contributed by atoms with Crippen molar-refractivity contribution in [3.05, 3.63) is 42.0 Å². The van der Waals surface area contributed by atoms with E-state index in [0.717, 1.165) is 0 Å². The van der Waals surface area contributed by atoms with Gasteiger partial charge >= 0.3 is 0 Å². The molecule has 0 radical (unpaired) electrons. The smallest absolute Gasteiger partial charge is 0.0260 e. The molecule has 11 heavy (non-hydrogen) atoms. The molecule has 1 rings (SSSR count). The van der Waals surface area contributed by atoms with Crippen LogP contribution in [0.2, 0.25) is 0 Å². The van der Waals surface area contributed by atoms with E-state index in [-0.39, 0.29) is 0 Å². The van der Waals surface area contributed by atoms with Gasteiger partial charge in [-0.05, 0) is 12.0 Å². The fourth-order valence-electron chi connectivity index (χ4n) is 0.950. The van der Waals surface area contributed by atoms with Crippen molar-refractivity contribution in [3.63, 3.8) is 0 Å². The molecule has 0 aliphatic heterocycles. The van der Waals surface area contributed by atoms with E-state index >= 15 is 0 Å². The normalized spacial score (nSPS) is 10.6. The van der Waals surface area contributed by atoms with Gasteiger partial charge in [0, 0.05) is 0 Å². The first-order valence-electron chi connectivity index (χ1n) is 4.15. The minimum atomic E-state index is 1.18. The Morgan fingerprint density at radius 2 is 1.91 bits per heavy atom. The third-order valence-electron chi connectivity index (χ3n) is 1.57. The zero-order chi connectivity index (χ0) is 7.94. The first-order chi connectivity index (χ1) is 5.43. The molecule has 0 N–H and O–H groups in total. The van der Waals surface area contributed by atoms with Crippen LogP contribution in [0.3, 0.4) is 0 Å². The van der Waals surface area contributed by atoms with Gasteiger partial charge in [-0.2, -0.15) is 0 Å². The van der Waals surface area contributed by atoms with E-state index in [1.54, 1.807) is 0 Å². The maximum absolute atomic E-state index is 2.22. The molecule has 0 saturated heterocycles. The highest BCUT2D eigenvalue weighted by molar-refractivity contribution is 5.48. The highest BCUT2D eigenvalue weighted by atomic mass is 13.9. The molecule has 0 heterocycles. The Kier molecular flexibility index (Phi) is 3.46. The average Bonchev–Trinajstić information content (AvgIpc) is 2.07. The summed E-state index contributed by atoms with van der Waals surface area (Å²) >= 11 is 0. The van der Waals surface area contributed by atoms with E-state index in [0.29, 0.717) is 0 Å². The predicted molar refractivity (Wildman–Crippen MR) is 50.4 cm³/mol. The second kappa shape index (κ2) is 4.73.